The summed E-state index contributed by atoms with van der Waals surface area (Å²) in [5, 5.41) is 0. The van der Waals surface area contributed by atoms with Gasteiger partial charge in [0.1, 0.15) is 0 Å². The molecule has 0 atom stereocenters. The van der Waals surface area contributed by atoms with Crippen LogP contribution in [0.15, 0.2) is 0 Å². The summed E-state index contributed by atoms with van der Waals surface area (Å²) in [6.45, 7) is 6.66. The van der Waals surface area contributed by atoms with Crippen molar-refractivity contribution in [2.45, 2.75) is 72.1 Å². The molecule has 0 aliphatic rings. The van der Waals surface area contributed by atoms with Gasteiger partial charge in [0.2, 0.25) is 0 Å². The van der Waals surface area contributed by atoms with Crippen molar-refractivity contribution in [3.8, 4) is 0 Å². The Morgan fingerprint density at radius 2 is 1.00 bits per heavy atom. The second-order valence-electron chi connectivity index (χ2n) is 3.46. The van der Waals surface area contributed by atoms with E-state index in [0.717, 1.165) is 5.88 Å². The molecule has 0 saturated carbocycles. The minimum absolute atomic E-state index is 0.827. The Balaban J connectivity index is 0. The fourth-order valence-electron chi connectivity index (χ4n) is 1.02. The predicted molar refractivity (Wildman–Crippen MR) is 64.7 cm³/mol. The molecule has 0 aromatic rings. The van der Waals surface area contributed by atoms with Gasteiger partial charge in [-0.15, -0.1) is 11.6 Å². The summed E-state index contributed by atoms with van der Waals surface area (Å²) in [4.78, 5) is 0. The molecule has 82 valence electrons. The van der Waals surface area contributed by atoms with Crippen LogP contribution in [-0.2, 0) is 0 Å². The van der Waals surface area contributed by atoms with E-state index < -0.39 is 0 Å². The van der Waals surface area contributed by atoms with Gasteiger partial charge >= 0.3 is 0 Å². The molecule has 0 heterocycles. The molecule has 0 aromatic carbocycles. The maximum atomic E-state index is 5.38. The van der Waals surface area contributed by atoms with Crippen molar-refractivity contribution in [2.24, 2.45) is 0 Å². The first-order valence-electron chi connectivity index (χ1n) is 5.89. The standard InChI is InChI=1S/C7H16.C5H11Cl/c1-3-5-7-6-4-2;1-2-3-4-5-6/h3-7H2,1-2H3;2-5H2,1H3. The van der Waals surface area contributed by atoms with E-state index in [4.69, 9.17) is 11.6 Å². The third-order valence-electron chi connectivity index (χ3n) is 1.94. The molecule has 0 nitrogen and oxygen atoms in total. The molecule has 13 heavy (non-hydrogen) atoms. The Morgan fingerprint density at radius 3 is 1.23 bits per heavy atom. The number of rotatable bonds is 7. The molecule has 0 radical (unpaired) electrons. The highest BCUT2D eigenvalue weighted by Crippen LogP contribution is 2.00. The molecular formula is C12H27Cl. The molecule has 0 saturated heterocycles. The van der Waals surface area contributed by atoms with Crippen LogP contribution in [0.1, 0.15) is 72.1 Å². The van der Waals surface area contributed by atoms with Gasteiger partial charge in [0, 0.05) is 5.88 Å². The highest BCUT2D eigenvalue weighted by molar-refractivity contribution is 6.17. The van der Waals surface area contributed by atoms with Crippen molar-refractivity contribution in [1.29, 1.82) is 0 Å². The number of halogens is 1. The number of alkyl halides is 1. The lowest BCUT2D eigenvalue weighted by atomic mass is 10.2. The number of hydrogen-bond donors (Lipinski definition) is 0. The maximum Gasteiger partial charge on any atom is 0.0223 e. The van der Waals surface area contributed by atoms with Gasteiger partial charge in [0.05, 0.1) is 0 Å². The summed E-state index contributed by atoms with van der Waals surface area (Å²) >= 11 is 5.38. The molecule has 0 spiro atoms. The minimum Gasteiger partial charge on any atom is -0.127 e. The summed E-state index contributed by atoms with van der Waals surface area (Å²) in [7, 11) is 0. The largest absolute Gasteiger partial charge is 0.127 e. The predicted octanol–water partition coefficient (Wildman–Crippen LogP) is 5.39. The molecule has 0 aliphatic heterocycles. The Labute approximate surface area is 90.1 Å². The van der Waals surface area contributed by atoms with E-state index in [1.54, 1.807) is 0 Å². The Bertz CT molecular complexity index is 54.1. The van der Waals surface area contributed by atoms with Crippen LogP contribution in [0.4, 0.5) is 0 Å². The van der Waals surface area contributed by atoms with Gasteiger partial charge in [0.15, 0.2) is 0 Å². The Morgan fingerprint density at radius 1 is 0.615 bits per heavy atom. The van der Waals surface area contributed by atoms with E-state index in [2.05, 4.69) is 20.8 Å². The van der Waals surface area contributed by atoms with Crippen molar-refractivity contribution in [3.63, 3.8) is 0 Å². The lowest BCUT2D eigenvalue weighted by Gasteiger charge is -1.90. The van der Waals surface area contributed by atoms with Crippen LogP contribution in [0.25, 0.3) is 0 Å². The van der Waals surface area contributed by atoms with Crippen LogP contribution in [0.5, 0.6) is 0 Å². The monoisotopic (exact) mass is 206 g/mol. The van der Waals surface area contributed by atoms with Crippen molar-refractivity contribution in [2.75, 3.05) is 5.88 Å². The molecule has 0 rings (SSSR count). The summed E-state index contributed by atoms with van der Waals surface area (Å²) in [5.74, 6) is 0.827. The zero-order valence-corrected chi connectivity index (χ0v) is 10.5. The van der Waals surface area contributed by atoms with Gasteiger partial charge < -0.3 is 0 Å². The molecule has 0 fully saturated rings. The third kappa shape index (κ3) is 24.5. The molecule has 0 amide bonds. The average molecular weight is 207 g/mol. The van der Waals surface area contributed by atoms with Crippen LogP contribution in [0, 0.1) is 0 Å². The lowest BCUT2D eigenvalue weighted by molar-refractivity contribution is 0.656. The molecule has 1 heteroatoms. The smallest absolute Gasteiger partial charge is 0.0223 e. The normalized spacial score (nSPS) is 9.23. The third-order valence-corrected chi connectivity index (χ3v) is 2.21. The lowest BCUT2D eigenvalue weighted by Crippen LogP contribution is -1.70. The van der Waals surface area contributed by atoms with Crippen LogP contribution in [-0.4, -0.2) is 5.88 Å². The molecule has 0 N–H and O–H groups in total. The molecular weight excluding hydrogens is 180 g/mol. The Hall–Kier alpha value is 0.290. The first-order valence-corrected chi connectivity index (χ1v) is 6.42. The minimum atomic E-state index is 0.827. The first kappa shape index (κ1) is 15.7. The average Bonchev–Trinajstić information content (AvgIpc) is 2.17. The highest BCUT2D eigenvalue weighted by Gasteiger charge is 1.80. The second-order valence-corrected chi connectivity index (χ2v) is 3.83. The molecule has 0 bridgehead atoms. The topological polar surface area (TPSA) is 0 Å². The van der Waals surface area contributed by atoms with Crippen LogP contribution >= 0.6 is 11.6 Å². The van der Waals surface area contributed by atoms with Gasteiger partial charge in [-0.25, -0.2) is 0 Å². The van der Waals surface area contributed by atoms with Crippen LogP contribution < -0.4 is 0 Å². The van der Waals surface area contributed by atoms with Crippen LogP contribution in [0.2, 0.25) is 0 Å². The maximum absolute atomic E-state index is 5.38. The fourth-order valence-corrected chi connectivity index (χ4v) is 1.21. The zero-order chi connectivity index (χ0) is 10.4. The SMILES string of the molecule is CCCCCCC.CCCCCCl. The summed E-state index contributed by atoms with van der Waals surface area (Å²) < 4.78 is 0. The van der Waals surface area contributed by atoms with Gasteiger partial charge in [-0.1, -0.05) is 65.7 Å². The fraction of sp³-hybridized carbons (Fsp3) is 1.00. The molecule has 0 aromatic heterocycles. The number of unbranched alkanes of at least 4 members (excludes halogenated alkanes) is 6. The highest BCUT2D eigenvalue weighted by atomic mass is 35.5. The van der Waals surface area contributed by atoms with Crippen molar-refractivity contribution in [1.82, 2.24) is 0 Å². The van der Waals surface area contributed by atoms with E-state index in [0.29, 0.717) is 0 Å². The van der Waals surface area contributed by atoms with Crippen LogP contribution in [0.3, 0.4) is 0 Å². The molecule has 0 aliphatic carbocycles. The number of hydrogen-bond acceptors (Lipinski definition) is 0. The van der Waals surface area contributed by atoms with Gasteiger partial charge in [-0.3, -0.25) is 0 Å². The van der Waals surface area contributed by atoms with Crippen molar-refractivity contribution >= 4 is 11.6 Å². The van der Waals surface area contributed by atoms with Gasteiger partial charge in [-0.05, 0) is 6.42 Å². The van der Waals surface area contributed by atoms with E-state index in [9.17, 15) is 0 Å². The second kappa shape index (κ2) is 18.2. The zero-order valence-electron chi connectivity index (χ0n) is 9.74. The van der Waals surface area contributed by atoms with E-state index in [-0.39, 0.29) is 0 Å². The summed E-state index contributed by atoms with van der Waals surface area (Å²) in [6, 6.07) is 0. The van der Waals surface area contributed by atoms with Gasteiger partial charge in [-0.2, -0.15) is 0 Å². The van der Waals surface area contributed by atoms with Gasteiger partial charge in [0.25, 0.3) is 0 Å². The summed E-state index contributed by atoms with van der Waals surface area (Å²) in [5.41, 5.74) is 0. The Kier molecular flexibility index (Phi) is 22.0. The quantitative estimate of drug-likeness (QED) is 0.387. The van der Waals surface area contributed by atoms with E-state index in [1.165, 1.54) is 51.4 Å². The molecule has 0 unspecified atom stereocenters. The van der Waals surface area contributed by atoms with E-state index >= 15 is 0 Å². The van der Waals surface area contributed by atoms with Crippen molar-refractivity contribution in [3.05, 3.63) is 0 Å². The summed E-state index contributed by atoms with van der Waals surface area (Å²) in [6.07, 6.45) is 10.7. The van der Waals surface area contributed by atoms with Crippen molar-refractivity contribution < 1.29 is 0 Å². The van der Waals surface area contributed by atoms with E-state index in [1.807, 2.05) is 0 Å². The first-order chi connectivity index (χ1) is 6.33.